The Hall–Kier alpha value is -0.950. The Balaban J connectivity index is 0.00000324. The quantitative estimate of drug-likeness (QED) is 0.349. The Morgan fingerprint density at radius 3 is 2.74 bits per heavy atom. The van der Waals surface area contributed by atoms with E-state index < -0.39 is 0 Å². The van der Waals surface area contributed by atoms with Crippen LogP contribution < -0.4 is 15.8 Å². The number of nitrogens with one attached hydrogen (secondary N) is 1. The maximum Gasteiger partial charge on any atom is 0.189 e. The minimum atomic E-state index is 0. The lowest BCUT2D eigenvalue weighted by Gasteiger charge is -2.06. The smallest absolute Gasteiger partial charge is 0.189 e. The number of methoxy groups -OCH3 is 1. The Kier molecular flexibility index (Phi) is 8.58. The van der Waals surface area contributed by atoms with E-state index in [0.29, 0.717) is 29.8 Å². The molecule has 4 nitrogen and oxygen atoms in total. The molecule has 0 atom stereocenters. The van der Waals surface area contributed by atoms with Crippen molar-refractivity contribution in [3.05, 3.63) is 40.9 Å². The SMILES string of the molecule is C=C(C)CNC(N)=NCc1ccc(OC)c(Cl)c1.I. The normalized spacial score (nSPS) is 10.6. The summed E-state index contributed by atoms with van der Waals surface area (Å²) >= 11 is 6.02. The van der Waals surface area contributed by atoms with Gasteiger partial charge in [0.15, 0.2) is 5.96 Å². The van der Waals surface area contributed by atoms with E-state index in [9.17, 15) is 0 Å². The van der Waals surface area contributed by atoms with Gasteiger partial charge in [-0.2, -0.15) is 0 Å². The van der Waals surface area contributed by atoms with Gasteiger partial charge in [0, 0.05) is 6.54 Å². The number of ether oxygens (including phenoxy) is 1. The molecular formula is C13H19ClIN3O. The summed E-state index contributed by atoms with van der Waals surface area (Å²) in [6, 6.07) is 5.53. The highest BCUT2D eigenvalue weighted by Crippen LogP contribution is 2.25. The molecule has 0 aliphatic heterocycles. The standard InChI is InChI=1S/C13H18ClN3O.HI/c1-9(2)7-16-13(15)17-8-10-4-5-12(18-3)11(14)6-10;/h4-6H,1,7-8H2,2-3H3,(H3,15,16,17);1H. The molecule has 0 spiro atoms. The molecule has 0 saturated heterocycles. The zero-order valence-electron chi connectivity index (χ0n) is 11.1. The number of halogens is 2. The molecule has 0 bridgehead atoms. The first-order valence-electron chi connectivity index (χ1n) is 5.53. The van der Waals surface area contributed by atoms with Crippen LogP contribution in [0.2, 0.25) is 5.02 Å². The van der Waals surface area contributed by atoms with Crippen LogP contribution in [0.4, 0.5) is 0 Å². The molecule has 0 fully saturated rings. The van der Waals surface area contributed by atoms with Crippen molar-refractivity contribution >= 4 is 41.5 Å². The summed E-state index contributed by atoms with van der Waals surface area (Å²) in [4.78, 5) is 4.21. The van der Waals surface area contributed by atoms with Crippen LogP contribution in [0.3, 0.4) is 0 Å². The van der Waals surface area contributed by atoms with Gasteiger partial charge in [-0.15, -0.1) is 24.0 Å². The van der Waals surface area contributed by atoms with Gasteiger partial charge in [-0.1, -0.05) is 29.8 Å². The number of hydrogen-bond donors (Lipinski definition) is 2. The number of guanidine groups is 1. The molecule has 0 radical (unpaired) electrons. The zero-order valence-corrected chi connectivity index (χ0v) is 14.2. The van der Waals surface area contributed by atoms with Crippen molar-refractivity contribution in [1.82, 2.24) is 5.32 Å². The van der Waals surface area contributed by atoms with Crippen LogP contribution in [0.25, 0.3) is 0 Å². The lowest BCUT2D eigenvalue weighted by molar-refractivity contribution is 0.415. The van der Waals surface area contributed by atoms with E-state index >= 15 is 0 Å². The fourth-order valence-electron chi connectivity index (χ4n) is 1.28. The minimum Gasteiger partial charge on any atom is -0.495 e. The number of nitrogens with zero attached hydrogens (tertiary/aromatic N) is 1. The summed E-state index contributed by atoms with van der Waals surface area (Å²) in [6.45, 7) is 6.79. The molecule has 0 aliphatic carbocycles. The van der Waals surface area contributed by atoms with Gasteiger partial charge < -0.3 is 15.8 Å². The highest BCUT2D eigenvalue weighted by atomic mass is 127. The predicted octanol–water partition coefficient (Wildman–Crippen LogP) is 2.95. The number of rotatable bonds is 5. The van der Waals surface area contributed by atoms with Crippen LogP contribution in [0.1, 0.15) is 12.5 Å². The van der Waals surface area contributed by atoms with E-state index in [1.165, 1.54) is 0 Å². The number of aliphatic imine (C=N–C) groups is 1. The fourth-order valence-corrected chi connectivity index (χ4v) is 1.56. The van der Waals surface area contributed by atoms with Crippen LogP contribution in [-0.2, 0) is 6.54 Å². The lowest BCUT2D eigenvalue weighted by Crippen LogP contribution is -2.32. The van der Waals surface area contributed by atoms with Crippen LogP contribution in [0, 0.1) is 0 Å². The van der Waals surface area contributed by atoms with Gasteiger partial charge in [0.05, 0.1) is 18.7 Å². The second-order valence-electron chi connectivity index (χ2n) is 3.98. The summed E-state index contributed by atoms with van der Waals surface area (Å²) in [7, 11) is 1.58. The van der Waals surface area contributed by atoms with Crippen molar-refractivity contribution < 1.29 is 4.74 Å². The molecule has 1 aromatic rings. The molecule has 0 saturated carbocycles. The first-order valence-corrected chi connectivity index (χ1v) is 5.91. The molecule has 3 N–H and O–H groups in total. The predicted molar refractivity (Wildman–Crippen MR) is 91.6 cm³/mol. The molecule has 0 aliphatic rings. The van der Waals surface area contributed by atoms with Gasteiger partial charge >= 0.3 is 0 Å². The largest absolute Gasteiger partial charge is 0.495 e. The topological polar surface area (TPSA) is 59.6 Å². The van der Waals surface area contributed by atoms with Crippen molar-refractivity contribution in [2.45, 2.75) is 13.5 Å². The third-order valence-electron chi connectivity index (χ3n) is 2.22. The van der Waals surface area contributed by atoms with Crippen molar-refractivity contribution in [2.75, 3.05) is 13.7 Å². The first kappa shape index (κ1) is 18.0. The third kappa shape index (κ3) is 6.68. The molecule has 0 unspecified atom stereocenters. The Morgan fingerprint density at radius 2 is 2.21 bits per heavy atom. The molecule has 6 heteroatoms. The van der Waals surface area contributed by atoms with Gasteiger partial charge in [0.1, 0.15) is 5.75 Å². The van der Waals surface area contributed by atoms with Crippen LogP contribution >= 0.6 is 35.6 Å². The van der Waals surface area contributed by atoms with Crippen molar-refractivity contribution in [3.63, 3.8) is 0 Å². The first-order chi connectivity index (χ1) is 8.52. The highest BCUT2D eigenvalue weighted by Gasteiger charge is 2.01. The van der Waals surface area contributed by atoms with Crippen LogP contribution in [0.5, 0.6) is 5.75 Å². The molecule has 0 heterocycles. The van der Waals surface area contributed by atoms with E-state index in [1.807, 2.05) is 25.1 Å². The molecule has 0 aromatic heterocycles. The van der Waals surface area contributed by atoms with Gasteiger partial charge in [0.25, 0.3) is 0 Å². The number of benzene rings is 1. The Bertz CT molecular complexity index is 463. The van der Waals surface area contributed by atoms with E-state index in [1.54, 1.807) is 7.11 Å². The molecule has 106 valence electrons. The Labute approximate surface area is 136 Å². The molecular weight excluding hydrogens is 377 g/mol. The summed E-state index contributed by atoms with van der Waals surface area (Å²) in [5, 5.41) is 3.53. The second-order valence-corrected chi connectivity index (χ2v) is 4.39. The average Bonchev–Trinajstić information content (AvgIpc) is 2.34. The number of nitrogens with two attached hydrogens (primary N) is 1. The maximum atomic E-state index is 6.02. The van der Waals surface area contributed by atoms with Gasteiger partial charge in [-0.25, -0.2) is 4.99 Å². The maximum absolute atomic E-state index is 6.02. The van der Waals surface area contributed by atoms with Crippen molar-refractivity contribution in [2.24, 2.45) is 10.7 Å². The monoisotopic (exact) mass is 395 g/mol. The minimum absolute atomic E-state index is 0. The lowest BCUT2D eigenvalue weighted by atomic mass is 10.2. The summed E-state index contributed by atoms with van der Waals surface area (Å²) in [6.07, 6.45) is 0. The Morgan fingerprint density at radius 1 is 1.53 bits per heavy atom. The molecule has 1 rings (SSSR count). The van der Waals surface area contributed by atoms with Crippen LogP contribution in [0.15, 0.2) is 35.3 Å². The third-order valence-corrected chi connectivity index (χ3v) is 2.51. The summed E-state index contributed by atoms with van der Waals surface area (Å²) in [5.74, 6) is 1.04. The van der Waals surface area contributed by atoms with Gasteiger partial charge in [-0.05, 0) is 24.6 Å². The average molecular weight is 396 g/mol. The van der Waals surface area contributed by atoms with Crippen molar-refractivity contribution in [3.8, 4) is 5.75 Å². The van der Waals surface area contributed by atoms with Gasteiger partial charge in [0.2, 0.25) is 0 Å². The fraction of sp³-hybridized carbons (Fsp3) is 0.308. The molecule has 1 aromatic carbocycles. The van der Waals surface area contributed by atoms with E-state index in [-0.39, 0.29) is 24.0 Å². The number of hydrogen-bond acceptors (Lipinski definition) is 2. The molecule has 19 heavy (non-hydrogen) atoms. The van der Waals surface area contributed by atoms with E-state index in [2.05, 4.69) is 16.9 Å². The van der Waals surface area contributed by atoms with E-state index in [0.717, 1.165) is 11.1 Å². The summed E-state index contributed by atoms with van der Waals surface area (Å²) < 4.78 is 5.08. The van der Waals surface area contributed by atoms with Crippen LogP contribution in [-0.4, -0.2) is 19.6 Å². The van der Waals surface area contributed by atoms with Gasteiger partial charge in [-0.3, -0.25) is 0 Å². The summed E-state index contributed by atoms with van der Waals surface area (Å²) in [5.41, 5.74) is 7.68. The van der Waals surface area contributed by atoms with E-state index in [4.69, 9.17) is 22.1 Å². The zero-order chi connectivity index (χ0) is 13.5. The molecule has 0 amide bonds. The van der Waals surface area contributed by atoms with Crippen molar-refractivity contribution in [1.29, 1.82) is 0 Å². The highest BCUT2D eigenvalue weighted by molar-refractivity contribution is 14.0. The second kappa shape index (κ2) is 9.03.